The molecule has 2 rings (SSSR count). The lowest BCUT2D eigenvalue weighted by molar-refractivity contribution is -0.130. The van der Waals surface area contributed by atoms with Crippen LogP contribution in [0.4, 0.5) is 0 Å². The van der Waals surface area contributed by atoms with Crippen molar-refractivity contribution in [2.75, 3.05) is 6.54 Å². The SMILES string of the molecule is CCCC1NCC(=O)N1C(C)CC1CC1. The van der Waals surface area contributed by atoms with Crippen LogP contribution in [0.2, 0.25) is 0 Å². The Balaban J connectivity index is 1.92. The number of nitrogens with one attached hydrogen (secondary N) is 1. The minimum atomic E-state index is 0.293. The largest absolute Gasteiger partial charge is 0.323 e. The third-order valence-electron chi connectivity index (χ3n) is 3.52. The van der Waals surface area contributed by atoms with Gasteiger partial charge in [0.2, 0.25) is 5.91 Å². The molecule has 0 aromatic heterocycles. The molecule has 3 nitrogen and oxygen atoms in total. The van der Waals surface area contributed by atoms with Crippen molar-refractivity contribution >= 4 is 5.91 Å². The van der Waals surface area contributed by atoms with E-state index in [9.17, 15) is 4.79 Å². The van der Waals surface area contributed by atoms with Crippen LogP contribution in [0.1, 0.15) is 46.0 Å². The summed E-state index contributed by atoms with van der Waals surface area (Å²) in [5, 5.41) is 3.31. The molecule has 0 aromatic carbocycles. The molecule has 15 heavy (non-hydrogen) atoms. The van der Waals surface area contributed by atoms with E-state index in [1.54, 1.807) is 0 Å². The summed E-state index contributed by atoms with van der Waals surface area (Å²) >= 11 is 0. The minimum absolute atomic E-state index is 0.293. The maximum absolute atomic E-state index is 11.8. The first-order valence-electron chi connectivity index (χ1n) is 6.27. The molecule has 2 atom stereocenters. The second-order valence-electron chi connectivity index (χ2n) is 5.01. The summed E-state index contributed by atoms with van der Waals surface area (Å²) in [6.45, 7) is 4.92. The highest BCUT2D eigenvalue weighted by molar-refractivity contribution is 5.80. The van der Waals surface area contributed by atoms with Gasteiger partial charge in [-0.1, -0.05) is 26.2 Å². The van der Waals surface area contributed by atoms with Crippen molar-refractivity contribution in [1.29, 1.82) is 0 Å². The Morgan fingerprint density at radius 3 is 2.87 bits per heavy atom. The number of hydrogen-bond donors (Lipinski definition) is 1. The Labute approximate surface area is 92.2 Å². The highest BCUT2D eigenvalue weighted by Crippen LogP contribution is 2.35. The van der Waals surface area contributed by atoms with Gasteiger partial charge in [-0.15, -0.1) is 0 Å². The van der Waals surface area contributed by atoms with E-state index in [4.69, 9.17) is 0 Å². The molecule has 1 heterocycles. The van der Waals surface area contributed by atoms with Gasteiger partial charge >= 0.3 is 0 Å². The summed E-state index contributed by atoms with van der Waals surface area (Å²) < 4.78 is 0. The van der Waals surface area contributed by atoms with Crippen LogP contribution in [0.3, 0.4) is 0 Å². The Morgan fingerprint density at radius 2 is 2.27 bits per heavy atom. The van der Waals surface area contributed by atoms with Gasteiger partial charge in [-0.2, -0.15) is 0 Å². The van der Waals surface area contributed by atoms with Crippen LogP contribution in [0.15, 0.2) is 0 Å². The smallest absolute Gasteiger partial charge is 0.238 e. The molecular formula is C12H22N2O. The Kier molecular flexibility index (Phi) is 3.29. The van der Waals surface area contributed by atoms with Gasteiger partial charge in [0.25, 0.3) is 0 Å². The standard InChI is InChI=1S/C12H22N2O/c1-3-4-11-13-8-12(15)14(11)9(2)7-10-5-6-10/h9-11,13H,3-8H2,1-2H3. The Bertz CT molecular complexity index is 238. The van der Waals surface area contributed by atoms with Crippen molar-refractivity contribution in [2.45, 2.75) is 58.2 Å². The fourth-order valence-electron chi connectivity index (χ4n) is 2.59. The maximum atomic E-state index is 11.8. The molecule has 2 fully saturated rings. The van der Waals surface area contributed by atoms with E-state index in [0.717, 1.165) is 18.8 Å². The number of rotatable bonds is 5. The zero-order valence-electron chi connectivity index (χ0n) is 9.83. The predicted octanol–water partition coefficient (Wildman–Crippen LogP) is 1.73. The van der Waals surface area contributed by atoms with Crippen molar-refractivity contribution < 1.29 is 4.79 Å². The van der Waals surface area contributed by atoms with Crippen LogP contribution in [0.5, 0.6) is 0 Å². The summed E-state index contributed by atoms with van der Waals surface area (Å²) in [5.41, 5.74) is 0. The van der Waals surface area contributed by atoms with Crippen molar-refractivity contribution in [3.8, 4) is 0 Å². The average molecular weight is 210 g/mol. The first-order valence-corrected chi connectivity index (χ1v) is 6.27. The monoisotopic (exact) mass is 210 g/mol. The van der Waals surface area contributed by atoms with E-state index in [0.29, 0.717) is 24.7 Å². The van der Waals surface area contributed by atoms with Gasteiger partial charge in [0.1, 0.15) is 0 Å². The fourth-order valence-corrected chi connectivity index (χ4v) is 2.59. The molecule has 2 unspecified atom stereocenters. The minimum Gasteiger partial charge on any atom is -0.323 e. The number of amides is 1. The molecule has 2 aliphatic rings. The highest BCUT2D eigenvalue weighted by atomic mass is 16.2. The number of hydrogen-bond acceptors (Lipinski definition) is 2. The third kappa shape index (κ3) is 2.51. The van der Waals surface area contributed by atoms with Gasteiger partial charge in [-0.3, -0.25) is 10.1 Å². The van der Waals surface area contributed by atoms with Crippen LogP contribution in [0.25, 0.3) is 0 Å². The number of carbonyl (C=O) groups excluding carboxylic acids is 1. The first-order chi connectivity index (χ1) is 7.22. The fraction of sp³-hybridized carbons (Fsp3) is 0.917. The van der Waals surface area contributed by atoms with Crippen molar-refractivity contribution in [3.05, 3.63) is 0 Å². The molecule has 1 amide bonds. The Morgan fingerprint density at radius 1 is 1.53 bits per heavy atom. The van der Waals surface area contributed by atoms with E-state index in [-0.39, 0.29) is 0 Å². The van der Waals surface area contributed by atoms with E-state index in [1.165, 1.54) is 19.3 Å². The summed E-state index contributed by atoms with van der Waals surface area (Å²) in [5.74, 6) is 1.19. The van der Waals surface area contributed by atoms with Gasteiger partial charge in [0.05, 0.1) is 12.7 Å². The lowest BCUT2D eigenvalue weighted by Gasteiger charge is -2.30. The van der Waals surface area contributed by atoms with Gasteiger partial charge in [0, 0.05) is 6.04 Å². The second-order valence-corrected chi connectivity index (χ2v) is 5.01. The molecule has 1 aliphatic carbocycles. The zero-order valence-corrected chi connectivity index (χ0v) is 9.83. The molecule has 0 radical (unpaired) electrons. The molecule has 0 spiro atoms. The van der Waals surface area contributed by atoms with E-state index in [2.05, 4.69) is 24.1 Å². The molecule has 0 aromatic rings. The van der Waals surface area contributed by atoms with Gasteiger partial charge in [-0.25, -0.2) is 0 Å². The van der Waals surface area contributed by atoms with E-state index >= 15 is 0 Å². The predicted molar refractivity (Wildman–Crippen MR) is 60.3 cm³/mol. The molecule has 86 valence electrons. The summed E-state index contributed by atoms with van der Waals surface area (Å²) in [7, 11) is 0. The third-order valence-corrected chi connectivity index (χ3v) is 3.52. The maximum Gasteiger partial charge on any atom is 0.238 e. The van der Waals surface area contributed by atoms with Gasteiger partial charge in [0.15, 0.2) is 0 Å². The quantitative estimate of drug-likeness (QED) is 0.749. The average Bonchev–Trinajstić information content (AvgIpc) is 2.91. The van der Waals surface area contributed by atoms with Crippen LogP contribution in [-0.2, 0) is 4.79 Å². The topological polar surface area (TPSA) is 32.3 Å². The summed E-state index contributed by atoms with van der Waals surface area (Å²) in [6, 6.07) is 0.427. The Hall–Kier alpha value is -0.570. The van der Waals surface area contributed by atoms with Crippen molar-refractivity contribution in [2.24, 2.45) is 5.92 Å². The van der Waals surface area contributed by atoms with Gasteiger partial charge < -0.3 is 4.90 Å². The number of carbonyl (C=O) groups is 1. The zero-order chi connectivity index (χ0) is 10.8. The van der Waals surface area contributed by atoms with Crippen LogP contribution >= 0.6 is 0 Å². The van der Waals surface area contributed by atoms with Crippen LogP contribution < -0.4 is 5.32 Å². The normalized spacial score (nSPS) is 28.5. The first kappa shape index (κ1) is 10.9. The summed E-state index contributed by atoms with van der Waals surface area (Å²) in [4.78, 5) is 13.9. The molecule has 0 bridgehead atoms. The van der Waals surface area contributed by atoms with Crippen LogP contribution in [0, 0.1) is 5.92 Å². The lowest BCUT2D eigenvalue weighted by Crippen LogP contribution is -2.43. The van der Waals surface area contributed by atoms with E-state index < -0.39 is 0 Å². The van der Waals surface area contributed by atoms with Crippen molar-refractivity contribution in [3.63, 3.8) is 0 Å². The molecule has 1 saturated carbocycles. The van der Waals surface area contributed by atoms with E-state index in [1.807, 2.05) is 0 Å². The second kappa shape index (κ2) is 4.52. The summed E-state index contributed by atoms with van der Waals surface area (Å²) in [6.07, 6.45) is 6.47. The highest BCUT2D eigenvalue weighted by Gasteiger charge is 2.35. The lowest BCUT2D eigenvalue weighted by atomic mass is 10.1. The molecular weight excluding hydrogens is 188 g/mol. The molecule has 1 aliphatic heterocycles. The van der Waals surface area contributed by atoms with Crippen molar-refractivity contribution in [1.82, 2.24) is 10.2 Å². The van der Waals surface area contributed by atoms with Gasteiger partial charge in [-0.05, 0) is 25.7 Å². The van der Waals surface area contributed by atoms with Crippen LogP contribution in [-0.4, -0.2) is 29.6 Å². The molecule has 1 saturated heterocycles. The molecule has 1 N–H and O–H groups in total. The number of nitrogens with zero attached hydrogens (tertiary/aromatic N) is 1. The molecule has 3 heteroatoms.